The first-order valence-corrected chi connectivity index (χ1v) is 9.53. The second-order valence-corrected chi connectivity index (χ2v) is 7.08. The fourth-order valence-electron chi connectivity index (χ4n) is 3.52. The number of carbonyl (C=O) groups excluding carboxylic acids is 1. The standard InChI is InChI=1S/C25H22O3/c1-3-7-21(26)19-14-20-23(15-22(19)27)28-25(18-8-5-4-6-9-18)24(20)17-12-10-16(2)11-13-17/h4-6,8-15,27H,3,7H2,1-2H3. The number of hydrogen-bond acceptors (Lipinski definition) is 3. The van der Waals surface area contributed by atoms with Gasteiger partial charge in [0, 0.05) is 29.0 Å². The number of ketones is 1. The Bertz CT molecular complexity index is 1140. The minimum absolute atomic E-state index is 0.0326. The van der Waals surface area contributed by atoms with Crippen LogP contribution in [0, 0.1) is 6.92 Å². The molecule has 140 valence electrons. The Morgan fingerprint density at radius 2 is 1.68 bits per heavy atom. The second kappa shape index (κ2) is 7.35. The lowest BCUT2D eigenvalue weighted by atomic mass is 9.95. The van der Waals surface area contributed by atoms with E-state index < -0.39 is 0 Å². The molecule has 0 amide bonds. The maximum absolute atomic E-state index is 12.5. The van der Waals surface area contributed by atoms with Crippen LogP contribution in [0.3, 0.4) is 0 Å². The molecule has 28 heavy (non-hydrogen) atoms. The third-order valence-corrected chi connectivity index (χ3v) is 4.96. The number of furan rings is 1. The van der Waals surface area contributed by atoms with Crippen LogP contribution in [0.4, 0.5) is 0 Å². The van der Waals surface area contributed by atoms with Gasteiger partial charge in [-0.2, -0.15) is 0 Å². The molecule has 0 spiro atoms. The summed E-state index contributed by atoms with van der Waals surface area (Å²) >= 11 is 0. The van der Waals surface area contributed by atoms with Gasteiger partial charge in [-0.3, -0.25) is 4.79 Å². The SMILES string of the molecule is CCCC(=O)c1cc2c(-c3ccc(C)cc3)c(-c3ccccc3)oc2cc1O. The molecule has 0 radical (unpaired) electrons. The molecule has 0 aliphatic rings. The van der Waals surface area contributed by atoms with Gasteiger partial charge < -0.3 is 9.52 Å². The average molecular weight is 370 g/mol. The van der Waals surface area contributed by atoms with E-state index in [2.05, 4.69) is 31.2 Å². The molecule has 0 saturated carbocycles. The summed E-state index contributed by atoms with van der Waals surface area (Å²) in [5.41, 5.74) is 5.00. The average Bonchev–Trinajstić information content (AvgIpc) is 3.07. The van der Waals surface area contributed by atoms with E-state index in [9.17, 15) is 9.90 Å². The minimum Gasteiger partial charge on any atom is -0.507 e. The fraction of sp³-hybridized carbons (Fsp3) is 0.160. The van der Waals surface area contributed by atoms with Crippen LogP contribution in [0.15, 0.2) is 71.1 Å². The Labute approximate surface area is 164 Å². The first-order valence-electron chi connectivity index (χ1n) is 9.53. The molecule has 3 nitrogen and oxygen atoms in total. The van der Waals surface area contributed by atoms with Gasteiger partial charge in [-0.05, 0) is 25.0 Å². The summed E-state index contributed by atoms with van der Waals surface area (Å²) in [6.45, 7) is 4.01. The Morgan fingerprint density at radius 1 is 0.964 bits per heavy atom. The predicted molar refractivity (Wildman–Crippen MR) is 113 cm³/mol. The van der Waals surface area contributed by atoms with E-state index in [1.165, 1.54) is 5.56 Å². The van der Waals surface area contributed by atoms with Crippen molar-refractivity contribution in [3.05, 3.63) is 77.9 Å². The Hall–Kier alpha value is -3.33. The van der Waals surface area contributed by atoms with Crippen LogP contribution in [0.2, 0.25) is 0 Å². The molecular formula is C25H22O3. The van der Waals surface area contributed by atoms with Gasteiger partial charge in [0.2, 0.25) is 0 Å². The number of carbonyl (C=O) groups is 1. The van der Waals surface area contributed by atoms with Gasteiger partial charge in [-0.15, -0.1) is 0 Å². The highest BCUT2D eigenvalue weighted by Crippen LogP contribution is 2.42. The minimum atomic E-state index is -0.0563. The van der Waals surface area contributed by atoms with Crippen LogP contribution in [0.5, 0.6) is 5.75 Å². The summed E-state index contributed by atoms with van der Waals surface area (Å²) < 4.78 is 6.17. The molecule has 4 rings (SSSR count). The molecule has 0 saturated heterocycles. The zero-order valence-electron chi connectivity index (χ0n) is 16.0. The van der Waals surface area contributed by atoms with Gasteiger partial charge in [0.1, 0.15) is 17.1 Å². The van der Waals surface area contributed by atoms with Gasteiger partial charge in [0.25, 0.3) is 0 Å². The van der Waals surface area contributed by atoms with Gasteiger partial charge in [0.05, 0.1) is 5.56 Å². The number of rotatable bonds is 5. The Balaban J connectivity index is 2.02. The van der Waals surface area contributed by atoms with Crippen molar-refractivity contribution >= 4 is 16.8 Å². The van der Waals surface area contributed by atoms with Crippen LogP contribution in [0.1, 0.15) is 35.7 Å². The Kier molecular flexibility index (Phi) is 4.74. The van der Waals surface area contributed by atoms with Gasteiger partial charge in [0.15, 0.2) is 5.78 Å². The van der Waals surface area contributed by atoms with Crippen molar-refractivity contribution in [2.75, 3.05) is 0 Å². The molecule has 0 unspecified atom stereocenters. The normalized spacial score (nSPS) is 11.1. The number of aromatic hydroxyl groups is 1. The van der Waals surface area contributed by atoms with Crippen LogP contribution in [-0.4, -0.2) is 10.9 Å². The fourth-order valence-corrected chi connectivity index (χ4v) is 3.52. The number of aryl methyl sites for hydroxylation is 1. The highest BCUT2D eigenvalue weighted by molar-refractivity contribution is 6.08. The third kappa shape index (κ3) is 3.20. The zero-order valence-corrected chi connectivity index (χ0v) is 16.0. The van der Waals surface area contributed by atoms with Crippen molar-refractivity contribution in [1.82, 2.24) is 0 Å². The summed E-state index contributed by atoms with van der Waals surface area (Å²) in [6.07, 6.45) is 1.14. The van der Waals surface area contributed by atoms with E-state index in [4.69, 9.17) is 4.42 Å². The van der Waals surface area contributed by atoms with Crippen molar-refractivity contribution in [2.45, 2.75) is 26.7 Å². The summed E-state index contributed by atoms with van der Waals surface area (Å²) in [5.74, 6) is 0.646. The number of benzene rings is 3. The molecule has 1 aromatic heterocycles. The quantitative estimate of drug-likeness (QED) is 0.395. The van der Waals surface area contributed by atoms with Gasteiger partial charge >= 0.3 is 0 Å². The second-order valence-electron chi connectivity index (χ2n) is 7.08. The van der Waals surface area contributed by atoms with Crippen LogP contribution in [-0.2, 0) is 0 Å². The van der Waals surface area contributed by atoms with Crippen molar-refractivity contribution in [1.29, 1.82) is 0 Å². The van der Waals surface area contributed by atoms with E-state index in [0.717, 1.165) is 34.3 Å². The smallest absolute Gasteiger partial charge is 0.166 e. The zero-order chi connectivity index (χ0) is 19.7. The van der Waals surface area contributed by atoms with E-state index in [1.54, 1.807) is 12.1 Å². The lowest BCUT2D eigenvalue weighted by Gasteiger charge is -2.06. The number of phenolic OH excluding ortho intramolecular Hbond substituents is 1. The summed E-state index contributed by atoms with van der Waals surface area (Å²) in [7, 11) is 0. The summed E-state index contributed by atoms with van der Waals surface area (Å²) in [4.78, 5) is 12.5. The van der Waals surface area contributed by atoms with Gasteiger partial charge in [-0.1, -0.05) is 67.1 Å². The number of fused-ring (bicyclic) bond motifs is 1. The molecule has 0 fully saturated rings. The molecule has 0 aliphatic heterocycles. The predicted octanol–water partition coefficient (Wildman–Crippen LogP) is 6.76. The first kappa shape index (κ1) is 18.1. The number of Topliss-reactive ketones (excluding diaryl/α,β-unsaturated/α-hetero) is 1. The molecule has 3 aromatic carbocycles. The first-order chi connectivity index (χ1) is 13.6. The molecule has 1 heterocycles. The third-order valence-electron chi connectivity index (χ3n) is 4.96. The topological polar surface area (TPSA) is 50.4 Å². The van der Waals surface area contributed by atoms with Crippen LogP contribution in [0.25, 0.3) is 33.4 Å². The number of phenols is 1. The monoisotopic (exact) mass is 370 g/mol. The van der Waals surface area contributed by atoms with Crippen molar-refractivity contribution < 1.29 is 14.3 Å². The maximum Gasteiger partial charge on any atom is 0.166 e. The lowest BCUT2D eigenvalue weighted by Crippen LogP contribution is -1.98. The van der Waals surface area contributed by atoms with Crippen LogP contribution >= 0.6 is 0 Å². The molecule has 3 heteroatoms. The van der Waals surface area contributed by atoms with E-state index in [0.29, 0.717) is 17.6 Å². The van der Waals surface area contributed by atoms with Crippen LogP contribution < -0.4 is 0 Å². The molecule has 4 aromatic rings. The van der Waals surface area contributed by atoms with E-state index >= 15 is 0 Å². The highest BCUT2D eigenvalue weighted by Gasteiger charge is 2.21. The summed E-state index contributed by atoms with van der Waals surface area (Å²) in [5, 5.41) is 11.2. The molecular weight excluding hydrogens is 348 g/mol. The Morgan fingerprint density at radius 3 is 2.36 bits per heavy atom. The van der Waals surface area contributed by atoms with Gasteiger partial charge in [-0.25, -0.2) is 0 Å². The number of hydrogen-bond donors (Lipinski definition) is 1. The van der Waals surface area contributed by atoms with Crippen molar-refractivity contribution in [3.8, 4) is 28.2 Å². The maximum atomic E-state index is 12.5. The molecule has 0 bridgehead atoms. The molecule has 0 aliphatic carbocycles. The molecule has 0 atom stereocenters. The highest BCUT2D eigenvalue weighted by atomic mass is 16.3. The summed E-state index contributed by atoms with van der Waals surface area (Å²) in [6, 6.07) is 21.5. The van der Waals surface area contributed by atoms with E-state index in [1.807, 2.05) is 37.3 Å². The molecule has 1 N–H and O–H groups in total. The van der Waals surface area contributed by atoms with E-state index in [-0.39, 0.29) is 11.5 Å². The van der Waals surface area contributed by atoms with Crippen molar-refractivity contribution in [3.63, 3.8) is 0 Å². The van der Waals surface area contributed by atoms with Crippen molar-refractivity contribution in [2.24, 2.45) is 0 Å². The lowest BCUT2D eigenvalue weighted by molar-refractivity contribution is 0.0979. The largest absolute Gasteiger partial charge is 0.507 e.